The minimum absolute atomic E-state index is 1.32. The van der Waals surface area contributed by atoms with Gasteiger partial charge in [-0.1, -0.05) is 335 Å². The molecule has 18 aromatic rings. The lowest BCUT2D eigenvalue weighted by Gasteiger charge is -2.14. The van der Waals surface area contributed by atoms with E-state index in [1.807, 2.05) is 111 Å². The summed E-state index contributed by atoms with van der Waals surface area (Å²) in [7, 11) is 0. The van der Waals surface area contributed by atoms with Crippen molar-refractivity contribution in [2.45, 2.75) is 180 Å². The summed E-state index contributed by atoms with van der Waals surface area (Å²) in [5, 5.41) is 35.7. The highest BCUT2D eigenvalue weighted by Gasteiger charge is 2.14. The third-order valence-corrected chi connectivity index (χ3v) is 18.7. The van der Waals surface area contributed by atoms with Gasteiger partial charge in [-0.3, -0.25) is 0 Å². The summed E-state index contributed by atoms with van der Waals surface area (Å²) in [5.41, 5.74) is 13.6. The average molecular weight is 1340 g/mol. The largest absolute Gasteiger partial charge is 0.0683 e. The number of fused-ring (bicyclic) bond motifs is 4. The van der Waals surface area contributed by atoms with Crippen LogP contribution in [-0.2, 0) is 0 Å². The van der Waals surface area contributed by atoms with Crippen LogP contribution in [0.2, 0.25) is 0 Å². The molecule has 18 rings (SSSR count). The van der Waals surface area contributed by atoms with Crippen molar-refractivity contribution in [3.8, 4) is 0 Å². The van der Waals surface area contributed by atoms with Crippen LogP contribution in [0.4, 0.5) is 0 Å². The zero-order chi connectivity index (χ0) is 75.1. The Labute approximate surface area is 614 Å². The molecule has 526 valence electrons. The summed E-state index contributed by atoms with van der Waals surface area (Å²) in [5.74, 6) is 0. The van der Waals surface area contributed by atoms with Gasteiger partial charge in [0.15, 0.2) is 0 Å². The van der Waals surface area contributed by atoms with E-state index in [2.05, 4.69) is 312 Å². The lowest BCUT2D eigenvalue weighted by atomic mass is 9.90. The standard InChI is InChI=1S/3C18H14.2C16H14.8C2H6/c1-11-9-13-5-4-8-16-12(2)10-14-6-3-7-15(11)17(14)18(13)16;1-11-7-13-3-5-15-9-12(2)10-16-6-4-14(8-11)17(13)18(15)16;1-11-3-5-13-8-10-16-12(2)4-6-14-7-9-15(11)17(13)18(14)16;1-11-6-5-9-15-12(2)14-8-4-3-7-13(14)10-16(11)15;1-11-7-8-12(2)16-10-14-6-4-3-5-13(14)9-15(11)16;8*1-2/h3*3-10H,1-2H3;2*3-10H,1-2H3;8*1-2H3. The molecular formula is C102H118. The van der Waals surface area contributed by atoms with Crippen LogP contribution in [0.15, 0.2) is 243 Å². The maximum Gasteiger partial charge on any atom is -0.00239 e. The Bertz CT molecular complexity index is 5250. The Morgan fingerprint density at radius 2 is 0.382 bits per heavy atom. The normalized spacial score (nSPS) is 10.3. The van der Waals surface area contributed by atoms with E-state index in [4.69, 9.17) is 0 Å². The third kappa shape index (κ3) is 17.0. The van der Waals surface area contributed by atoms with Gasteiger partial charge in [0.1, 0.15) is 0 Å². The van der Waals surface area contributed by atoms with Crippen LogP contribution < -0.4 is 0 Å². The Balaban J connectivity index is 0.000000191. The SMILES string of the molecule is CC.CC.CC.CC.CC.CC.CC.CC.Cc1cc2ccc3cc(C)cc4ccc(c1)c2c34.Cc1cc2cccc3c(C)cc4cccc1c4c23.Cc1ccc(C)c2cc3ccccc3cc12.Cc1ccc2ccc3c(C)ccc4ccc1c2c43.Cc1cccc2c(C)c3ccccc3cc12. The van der Waals surface area contributed by atoms with Crippen molar-refractivity contribution in [2.75, 3.05) is 0 Å². The van der Waals surface area contributed by atoms with E-state index in [1.165, 1.54) is 196 Å². The predicted molar refractivity (Wildman–Crippen MR) is 472 cm³/mol. The van der Waals surface area contributed by atoms with Crippen molar-refractivity contribution in [3.05, 3.63) is 298 Å². The molecule has 0 heteroatoms. The van der Waals surface area contributed by atoms with E-state index in [9.17, 15) is 0 Å². The molecule has 102 heavy (non-hydrogen) atoms. The molecule has 0 fully saturated rings. The highest BCUT2D eigenvalue weighted by atomic mass is 14.2. The highest BCUT2D eigenvalue weighted by Crippen LogP contribution is 2.41. The summed E-state index contributed by atoms with van der Waals surface area (Å²) in [6.45, 7) is 53.9. The molecule has 0 unspecified atom stereocenters. The maximum absolute atomic E-state index is 2.31. The monoisotopic (exact) mass is 1340 g/mol. The molecule has 0 amide bonds. The van der Waals surface area contributed by atoms with Crippen LogP contribution in [-0.4, -0.2) is 0 Å². The van der Waals surface area contributed by atoms with E-state index < -0.39 is 0 Å². The first kappa shape index (κ1) is 81.1. The van der Waals surface area contributed by atoms with Gasteiger partial charge in [-0.05, 0) is 283 Å². The zero-order valence-corrected chi connectivity index (χ0v) is 67.1. The molecular weight excluding hydrogens is 1230 g/mol. The first-order valence-corrected chi connectivity index (χ1v) is 38.5. The number of rotatable bonds is 0. The minimum atomic E-state index is 1.32. The number of hydrogen-bond donors (Lipinski definition) is 0. The predicted octanol–water partition coefficient (Wildman–Crippen LogP) is 33.0. The van der Waals surface area contributed by atoms with Crippen LogP contribution in [0, 0.1) is 69.2 Å². The maximum atomic E-state index is 2.31. The summed E-state index contributed by atoms with van der Waals surface area (Å²) in [4.78, 5) is 0. The van der Waals surface area contributed by atoms with E-state index in [0.29, 0.717) is 0 Å². The molecule has 0 saturated heterocycles. The van der Waals surface area contributed by atoms with Gasteiger partial charge in [0.2, 0.25) is 0 Å². The van der Waals surface area contributed by atoms with Crippen molar-refractivity contribution in [2.24, 2.45) is 0 Å². The van der Waals surface area contributed by atoms with Crippen LogP contribution in [0.5, 0.6) is 0 Å². The number of hydrogen-bond acceptors (Lipinski definition) is 0. The molecule has 0 N–H and O–H groups in total. The van der Waals surface area contributed by atoms with Gasteiger partial charge in [-0.15, -0.1) is 0 Å². The van der Waals surface area contributed by atoms with Crippen LogP contribution in [0.3, 0.4) is 0 Å². The average Bonchev–Trinajstić information content (AvgIpc) is 0.747. The second kappa shape index (κ2) is 38.8. The molecule has 0 radical (unpaired) electrons. The summed E-state index contributed by atoms with van der Waals surface area (Å²) in [6, 6.07) is 88.8. The second-order valence-corrected chi connectivity index (χ2v) is 24.5. The Morgan fingerprint density at radius 3 is 0.784 bits per heavy atom. The fraction of sp³-hybridized carbons (Fsp3) is 0.255. The zero-order valence-electron chi connectivity index (χ0n) is 67.1. The third-order valence-electron chi connectivity index (χ3n) is 18.7. The molecule has 0 atom stereocenters. The van der Waals surface area contributed by atoms with Crippen molar-refractivity contribution >= 4 is 140 Å². The first-order valence-electron chi connectivity index (χ1n) is 38.5. The van der Waals surface area contributed by atoms with Crippen molar-refractivity contribution in [1.82, 2.24) is 0 Å². The van der Waals surface area contributed by atoms with Gasteiger partial charge in [0, 0.05) is 0 Å². The Morgan fingerprint density at radius 1 is 0.137 bits per heavy atom. The first-order chi connectivity index (χ1) is 49.8. The highest BCUT2D eigenvalue weighted by molar-refractivity contribution is 6.26. The summed E-state index contributed by atoms with van der Waals surface area (Å²) in [6.07, 6.45) is 0. The van der Waals surface area contributed by atoms with Gasteiger partial charge in [-0.25, -0.2) is 0 Å². The molecule has 0 aliphatic rings. The van der Waals surface area contributed by atoms with E-state index in [0.717, 1.165) is 0 Å². The molecule has 0 bridgehead atoms. The van der Waals surface area contributed by atoms with Gasteiger partial charge in [-0.2, -0.15) is 0 Å². The van der Waals surface area contributed by atoms with Gasteiger partial charge in [0.25, 0.3) is 0 Å². The lowest BCUT2D eigenvalue weighted by Crippen LogP contribution is -1.88. The quantitative estimate of drug-likeness (QED) is 0.105. The molecule has 0 nitrogen and oxygen atoms in total. The van der Waals surface area contributed by atoms with Gasteiger partial charge < -0.3 is 0 Å². The molecule has 0 aliphatic carbocycles. The molecule has 18 aromatic carbocycles. The fourth-order valence-corrected chi connectivity index (χ4v) is 14.2. The molecule has 0 spiro atoms. The molecule has 0 heterocycles. The Hall–Kier alpha value is -9.88. The van der Waals surface area contributed by atoms with Gasteiger partial charge >= 0.3 is 0 Å². The summed E-state index contributed by atoms with van der Waals surface area (Å²) >= 11 is 0. The van der Waals surface area contributed by atoms with Crippen LogP contribution >= 0.6 is 0 Å². The number of aryl methyl sites for hydroxylation is 10. The number of benzene rings is 18. The minimum Gasteiger partial charge on any atom is -0.0683 e. The summed E-state index contributed by atoms with van der Waals surface area (Å²) < 4.78 is 0. The molecule has 0 aromatic heterocycles. The smallest absolute Gasteiger partial charge is 0.00239 e. The second-order valence-electron chi connectivity index (χ2n) is 24.5. The van der Waals surface area contributed by atoms with Crippen LogP contribution in [0.25, 0.3) is 140 Å². The van der Waals surface area contributed by atoms with Crippen molar-refractivity contribution in [1.29, 1.82) is 0 Å². The molecule has 0 saturated carbocycles. The van der Waals surface area contributed by atoms with Crippen molar-refractivity contribution < 1.29 is 0 Å². The fourth-order valence-electron chi connectivity index (χ4n) is 14.2. The van der Waals surface area contributed by atoms with Crippen molar-refractivity contribution in [3.63, 3.8) is 0 Å². The Kier molecular flexibility index (Phi) is 30.8. The molecule has 0 aliphatic heterocycles. The topological polar surface area (TPSA) is 0 Å². The van der Waals surface area contributed by atoms with Crippen LogP contribution in [0.1, 0.15) is 166 Å². The lowest BCUT2D eigenvalue weighted by molar-refractivity contribution is 1.47. The van der Waals surface area contributed by atoms with E-state index in [-0.39, 0.29) is 0 Å². The van der Waals surface area contributed by atoms with E-state index in [1.54, 1.807) is 0 Å². The van der Waals surface area contributed by atoms with E-state index >= 15 is 0 Å². The van der Waals surface area contributed by atoms with Gasteiger partial charge in [0.05, 0.1) is 0 Å².